The van der Waals surface area contributed by atoms with Crippen molar-refractivity contribution in [2.45, 2.75) is 32.4 Å². The minimum absolute atomic E-state index is 0.0104. The Hall–Kier alpha value is -1.26. The third-order valence-electron chi connectivity index (χ3n) is 3.85. The molecule has 4 nitrogen and oxygen atoms in total. The van der Waals surface area contributed by atoms with Crippen LogP contribution in [0.1, 0.15) is 25.8 Å². The van der Waals surface area contributed by atoms with Crippen molar-refractivity contribution in [3.05, 3.63) is 33.8 Å². The van der Waals surface area contributed by atoms with Crippen LogP contribution in [0.5, 0.6) is 0 Å². The predicted molar refractivity (Wildman–Crippen MR) is 78.7 cm³/mol. The molecule has 1 heterocycles. The molecule has 1 aromatic carbocycles. The molecule has 0 aromatic heterocycles. The number of rotatable bonds is 3. The van der Waals surface area contributed by atoms with Gasteiger partial charge in [-0.25, -0.2) is 0 Å². The van der Waals surface area contributed by atoms with Gasteiger partial charge in [-0.1, -0.05) is 36.2 Å². The second-order valence-corrected chi connectivity index (χ2v) is 5.80. The molecule has 2 rings (SSSR count). The van der Waals surface area contributed by atoms with Gasteiger partial charge in [-0.2, -0.15) is 0 Å². The maximum atomic E-state index is 12.2. The Kier molecular flexibility index (Phi) is 4.25. The first-order valence-corrected chi connectivity index (χ1v) is 7.17. The van der Waals surface area contributed by atoms with E-state index in [0.717, 1.165) is 0 Å². The van der Waals surface area contributed by atoms with E-state index in [0.29, 0.717) is 22.0 Å². The maximum absolute atomic E-state index is 12.2. The number of nitrogens with zero attached hydrogens (tertiary/aromatic N) is 1. The highest BCUT2D eigenvalue weighted by atomic mass is 35.5. The number of hydrogen-bond acceptors (Lipinski definition) is 2. The molecule has 108 valence electrons. The molecule has 20 heavy (non-hydrogen) atoms. The molecule has 0 spiro atoms. The summed E-state index contributed by atoms with van der Waals surface area (Å²) in [5, 5.41) is 3.61. The SMILES string of the molecule is CCC1(C)C(=O)NCC(=O)N1Cc1c(Cl)cccc1Cl. The quantitative estimate of drug-likeness (QED) is 0.932. The third-order valence-corrected chi connectivity index (χ3v) is 4.56. The Morgan fingerprint density at radius 2 is 1.90 bits per heavy atom. The number of hydrogen-bond donors (Lipinski definition) is 1. The Bertz CT molecular complexity index is 542. The van der Waals surface area contributed by atoms with Gasteiger partial charge in [0.2, 0.25) is 11.8 Å². The van der Waals surface area contributed by atoms with Crippen LogP contribution in [-0.2, 0) is 16.1 Å². The van der Waals surface area contributed by atoms with Crippen molar-refractivity contribution in [1.29, 1.82) is 0 Å². The Balaban J connectivity index is 2.39. The zero-order valence-electron chi connectivity index (χ0n) is 11.4. The Labute approximate surface area is 128 Å². The van der Waals surface area contributed by atoms with E-state index in [4.69, 9.17) is 23.2 Å². The smallest absolute Gasteiger partial charge is 0.246 e. The van der Waals surface area contributed by atoms with E-state index in [2.05, 4.69) is 5.32 Å². The summed E-state index contributed by atoms with van der Waals surface area (Å²) in [7, 11) is 0. The van der Waals surface area contributed by atoms with E-state index >= 15 is 0 Å². The van der Waals surface area contributed by atoms with E-state index in [-0.39, 0.29) is 24.9 Å². The summed E-state index contributed by atoms with van der Waals surface area (Å²) in [6, 6.07) is 5.19. The number of amides is 2. The van der Waals surface area contributed by atoms with E-state index in [1.165, 1.54) is 0 Å². The molecular formula is C14H16Cl2N2O2. The number of halogens is 2. The van der Waals surface area contributed by atoms with Crippen LogP contribution in [0, 0.1) is 0 Å². The summed E-state index contributed by atoms with van der Waals surface area (Å²) in [6.45, 7) is 3.87. The van der Waals surface area contributed by atoms with Crippen LogP contribution in [0.25, 0.3) is 0 Å². The highest BCUT2D eigenvalue weighted by Crippen LogP contribution is 2.31. The molecular weight excluding hydrogens is 299 g/mol. The molecule has 1 aliphatic heterocycles. The lowest BCUT2D eigenvalue weighted by Crippen LogP contribution is -2.65. The fraction of sp³-hybridized carbons (Fsp3) is 0.429. The molecule has 1 atom stereocenters. The van der Waals surface area contributed by atoms with Crippen molar-refractivity contribution in [1.82, 2.24) is 10.2 Å². The molecule has 0 aliphatic carbocycles. The molecule has 6 heteroatoms. The second kappa shape index (κ2) is 5.62. The number of carbonyl (C=O) groups excluding carboxylic acids is 2. The zero-order chi connectivity index (χ0) is 14.9. The van der Waals surface area contributed by atoms with Gasteiger partial charge in [0.25, 0.3) is 0 Å². The van der Waals surface area contributed by atoms with Gasteiger partial charge in [0.1, 0.15) is 5.54 Å². The first kappa shape index (κ1) is 15.1. The third kappa shape index (κ3) is 2.50. The Morgan fingerprint density at radius 1 is 1.30 bits per heavy atom. The minimum Gasteiger partial charge on any atom is -0.345 e. The lowest BCUT2D eigenvalue weighted by Gasteiger charge is -2.43. The first-order valence-electron chi connectivity index (χ1n) is 6.41. The maximum Gasteiger partial charge on any atom is 0.246 e. The average Bonchev–Trinajstić information content (AvgIpc) is 2.42. The van der Waals surface area contributed by atoms with Gasteiger partial charge in [0.15, 0.2) is 0 Å². The molecule has 1 unspecified atom stereocenters. The van der Waals surface area contributed by atoms with Gasteiger partial charge in [-0.15, -0.1) is 0 Å². The average molecular weight is 315 g/mol. The molecule has 2 amide bonds. The van der Waals surface area contributed by atoms with Crippen molar-refractivity contribution < 1.29 is 9.59 Å². The van der Waals surface area contributed by atoms with Crippen LogP contribution < -0.4 is 5.32 Å². The van der Waals surface area contributed by atoms with E-state index in [9.17, 15) is 9.59 Å². The molecule has 0 radical (unpaired) electrons. The summed E-state index contributed by atoms with van der Waals surface area (Å²) < 4.78 is 0. The van der Waals surface area contributed by atoms with Gasteiger partial charge in [-0.05, 0) is 25.5 Å². The summed E-state index contributed by atoms with van der Waals surface area (Å²) in [6.07, 6.45) is 0.520. The predicted octanol–water partition coefficient (Wildman–Crippen LogP) is 2.62. The van der Waals surface area contributed by atoms with Gasteiger partial charge < -0.3 is 10.2 Å². The minimum atomic E-state index is -0.877. The summed E-state index contributed by atoms with van der Waals surface area (Å²) in [5.41, 5.74) is -0.212. The fourth-order valence-electron chi connectivity index (χ4n) is 2.30. The lowest BCUT2D eigenvalue weighted by atomic mass is 9.92. The van der Waals surface area contributed by atoms with Crippen LogP contribution in [0.2, 0.25) is 10.0 Å². The van der Waals surface area contributed by atoms with Gasteiger partial charge in [-0.3, -0.25) is 9.59 Å². The largest absolute Gasteiger partial charge is 0.345 e. The van der Waals surface area contributed by atoms with Crippen LogP contribution in [0.4, 0.5) is 0 Å². The van der Waals surface area contributed by atoms with Crippen molar-refractivity contribution in [2.24, 2.45) is 0 Å². The highest BCUT2D eigenvalue weighted by Gasteiger charge is 2.44. The fourth-order valence-corrected chi connectivity index (χ4v) is 2.81. The van der Waals surface area contributed by atoms with Crippen molar-refractivity contribution >= 4 is 35.0 Å². The van der Waals surface area contributed by atoms with Gasteiger partial charge in [0, 0.05) is 22.2 Å². The van der Waals surface area contributed by atoms with Gasteiger partial charge >= 0.3 is 0 Å². The summed E-state index contributed by atoms with van der Waals surface area (Å²) in [4.78, 5) is 25.8. The van der Waals surface area contributed by atoms with Crippen molar-refractivity contribution in [2.75, 3.05) is 6.54 Å². The summed E-state index contributed by atoms with van der Waals surface area (Å²) in [5.74, 6) is -0.285. The molecule has 1 N–H and O–H groups in total. The molecule has 0 bridgehead atoms. The van der Waals surface area contributed by atoms with Crippen molar-refractivity contribution in [3.8, 4) is 0 Å². The lowest BCUT2D eigenvalue weighted by molar-refractivity contribution is -0.153. The van der Waals surface area contributed by atoms with E-state index < -0.39 is 5.54 Å². The van der Waals surface area contributed by atoms with E-state index in [1.54, 1.807) is 30.0 Å². The molecule has 1 aromatic rings. The number of benzene rings is 1. The van der Waals surface area contributed by atoms with Crippen LogP contribution in [-0.4, -0.2) is 28.8 Å². The number of piperazine rings is 1. The topological polar surface area (TPSA) is 49.4 Å². The molecule has 1 fully saturated rings. The molecule has 0 saturated carbocycles. The number of carbonyl (C=O) groups is 2. The molecule has 1 saturated heterocycles. The van der Waals surface area contributed by atoms with E-state index in [1.807, 2.05) is 6.92 Å². The van der Waals surface area contributed by atoms with Crippen LogP contribution in [0.15, 0.2) is 18.2 Å². The first-order chi connectivity index (χ1) is 9.40. The van der Waals surface area contributed by atoms with Gasteiger partial charge in [0.05, 0.1) is 6.54 Å². The molecule has 1 aliphatic rings. The van der Waals surface area contributed by atoms with Crippen molar-refractivity contribution in [3.63, 3.8) is 0 Å². The normalized spacial score (nSPS) is 22.9. The van der Waals surface area contributed by atoms with Crippen LogP contribution in [0.3, 0.4) is 0 Å². The zero-order valence-corrected chi connectivity index (χ0v) is 12.9. The number of nitrogens with one attached hydrogen (secondary N) is 1. The van der Waals surface area contributed by atoms with Crippen LogP contribution >= 0.6 is 23.2 Å². The monoisotopic (exact) mass is 314 g/mol. The Morgan fingerprint density at radius 3 is 2.45 bits per heavy atom. The standard InChI is InChI=1S/C14H16Cl2N2O2/c1-3-14(2)13(20)17-7-12(19)18(14)8-9-10(15)5-4-6-11(9)16/h4-6H,3,7-8H2,1-2H3,(H,17,20). The second-order valence-electron chi connectivity index (χ2n) is 4.99. The highest BCUT2D eigenvalue weighted by molar-refractivity contribution is 6.36. The summed E-state index contributed by atoms with van der Waals surface area (Å²) >= 11 is 12.3.